The highest BCUT2D eigenvalue weighted by Gasteiger charge is 2.12. The molecular weight excluding hydrogens is 188 g/mol. The Morgan fingerprint density at radius 3 is 2.69 bits per heavy atom. The lowest BCUT2D eigenvalue weighted by Gasteiger charge is -1.94. The van der Waals surface area contributed by atoms with Crippen molar-refractivity contribution in [1.29, 1.82) is 0 Å². The molecule has 2 aromatic rings. The highest BCUT2D eigenvalue weighted by molar-refractivity contribution is 7.80. The van der Waals surface area contributed by atoms with Crippen LogP contribution >= 0.6 is 12.6 Å². The molecule has 0 saturated heterocycles. The van der Waals surface area contributed by atoms with E-state index in [1.807, 2.05) is 14.0 Å². The summed E-state index contributed by atoms with van der Waals surface area (Å²) in [5.74, 6) is 1.23. The molecule has 0 aliphatic rings. The van der Waals surface area contributed by atoms with Gasteiger partial charge in [0.05, 0.1) is 5.69 Å². The second-order valence-corrected chi connectivity index (χ2v) is 3.12. The van der Waals surface area contributed by atoms with Gasteiger partial charge in [0.2, 0.25) is 11.6 Å². The minimum atomic E-state index is 0.545. The van der Waals surface area contributed by atoms with E-state index in [2.05, 4.69) is 28.0 Å². The van der Waals surface area contributed by atoms with E-state index in [-0.39, 0.29) is 0 Å². The van der Waals surface area contributed by atoms with Gasteiger partial charge in [-0.2, -0.15) is 0 Å². The highest BCUT2D eigenvalue weighted by atomic mass is 32.1. The van der Waals surface area contributed by atoms with E-state index >= 15 is 0 Å². The number of hydrogen-bond acceptors (Lipinski definition) is 5. The van der Waals surface area contributed by atoms with Crippen molar-refractivity contribution in [2.24, 2.45) is 7.05 Å². The molecule has 2 rings (SSSR count). The van der Waals surface area contributed by atoms with E-state index in [0.717, 1.165) is 5.69 Å². The maximum atomic E-state index is 5.04. The van der Waals surface area contributed by atoms with Crippen LogP contribution in [0, 0.1) is 6.92 Å². The van der Waals surface area contributed by atoms with Gasteiger partial charge in [-0.05, 0) is 6.92 Å². The molecule has 0 aliphatic carbocycles. The lowest BCUT2D eigenvalue weighted by atomic mass is 10.4. The normalized spacial score (nSPS) is 10.7. The van der Waals surface area contributed by atoms with Gasteiger partial charge in [0.15, 0.2) is 5.16 Å². The van der Waals surface area contributed by atoms with Gasteiger partial charge < -0.3 is 9.09 Å². The van der Waals surface area contributed by atoms with E-state index in [0.29, 0.717) is 16.7 Å². The molecule has 0 amide bonds. The predicted octanol–water partition coefficient (Wildman–Crippen LogP) is 1.07. The van der Waals surface area contributed by atoms with Gasteiger partial charge in [0, 0.05) is 13.1 Å². The van der Waals surface area contributed by atoms with Gasteiger partial charge in [0.1, 0.15) is 0 Å². The summed E-state index contributed by atoms with van der Waals surface area (Å²) in [5.41, 5.74) is 0.818. The third-order valence-electron chi connectivity index (χ3n) is 1.70. The molecule has 0 aromatic carbocycles. The maximum absolute atomic E-state index is 5.04. The van der Waals surface area contributed by atoms with Crippen LogP contribution in [0.5, 0.6) is 0 Å². The fourth-order valence-electron chi connectivity index (χ4n) is 1.00. The fraction of sp³-hybridized carbons (Fsp3) is 0.286. The second kappa shape index (κ2) is 2.88. The van der Waals surface area contributed by atoms with Crippen LogP contribution in [0.15, 0.2) is 15.7 Å². The Kier molecular flexibility index (Phi) is 1.84. The van der Waals surface area contributed by atoms with Crippen molar-refractivity contribution in [3.63, 3.8) is 0 Å². The van der Waals surface area contributed by atoms with E-state index in [1.54, 1.807) is 10.6 Å². The molecule has 0 bridgehead atoms. The molecule has 0 N–H and O–H groups in total. The quantitative estimate of drug-likeness (QED) is 0.693. The van der Waals surface area contributed by atoms with Crippen LogP contribution < -0.4 is 0 Å². The Labute approximate surface area is 80.2 Å². The minimum absolute atomic E-state index is 0.545. The van der Waals surface area contributed by atoms with Gasteiger partial charge in [0.25, 0.3) is 0 Å². The summed E-state index contributed by atoms with van der Waals surface area (Å²) in [6, 6.07) is 1.80. The van der Waals surface area contributed by atoms with Crippen LogP contribution in [0.4, 0.5) is 0 Å². The molecular formula is C7H8N4OS. The fourth-order valence-corrected chi connectivity index (χ4v) is 1.14. The zero-order valence-electron chi connectivity index (χ0n) is 7.22. The van der Waals surface area contributed by atoms with Crippen molar-refractivity contribution in [2.75, 3.05) is 0 Å². The Bertz CT molecular complexity index is 433. The number of aryl methyl sites for hydroxylation is 1. The first-order valence-corrected chi connectivity index (χ1v) is 4.15. The Balaban J connectivity index is 2.52. The topological polar surface area (TPSA) is 56.7 Å². The average molecular weight is 196 g/mol. The van der Waals surface area contributed by atoms with Crippen molar-refractivity contribution in [3.8, 4) is 11.6 Å². The Morgan fingerprint density at radius 2 is 2.23 bits per heavy atom. The first-order chi connectivity index (χ1) is 6.18. The summed E-state index contributed by atoms with van der Waals surface area (Å²) in [5, 5.41) is 12.0. The lowest BCUT2D eigenvalue weighted by molar-refractivity contribution is 0.423. The van der Waals surface area contributed by atoms with Gasteiger partial charge in [-0.1, -0.05) is 5.16 Å². The van der Waals surface area contributed by atoms with Crippen molar-refractivity contribution in [3.05, 3.63) is 11.8 Å². The molecule has 0 saturated carbocycles. The van der Waals surface area contributed by atoms with Crippen LogP contribution in [0.1, 0.15) is 5.69 Å². The smallest absolute Gasteiger partial charge is 0.204 e. The SMILES string of the molecule is Cc1cc(-c2nnc(S)n2C)on1. The maximum Gasteiger partial charge on any atom is 0.204 e. The lowest BCUT2D eigenvalue weighted by Crippen LogP contribution is -1.91. The Hall–Kier alpha value is -1.30. The van der Waals surface area contributed by atoms with E-state index in [4.69, 9.17) is 4.52 Å². The monoisotopic (exact) mass is 196 g/mol. The van der Waals surface area contributed by atoms with Gasteiger partial charge >= 0.3 is 0 Å². The summed E-state index contributed by atoms with van der Waals surface area (Å²) < 4.78 is 6.76. The number of rotatable bonds is 1. The van der Waals surface area contributed by atoms with Crippen LogP contribution in [0.25, 0.3) is 11.6 Å². The van der Waals surface area contributed by atoms with Gasteiger partial charge in [-0.15, -0.1) is 22.8 Å². The van der Waals surface area contributed by atoms with Crippen molar-refractivity contribution < 1.29 is 4.52 Å². The van der Waals surface area contributed by atoms with Gasteiger partial charge in [-0.25, -0.2) is 0 Å². The Morgan fingerprint density at radius 1 is 1.46 bits per heavy atom. The number of aromatic nitrogens is 4. The first-order valence-electron chi connectivity index (χ1n) is 3.70. The van der Waals surface area contributed by atoms with E-state index in [9.17, 15) is 0 Å². The predicted molar refractivity (Wildman–Crippen MR) is 48.5 cm³/mol. The van der Waals surface area contributed by atoms with E-state index in [1.165, 1.54) is 0 Å². The number of hydrogen-bond donors (Lipinski definition) is 1. The summed E-state index contributed by atoms with van der Waals surface area (Å²) in [6.07, 6.45) is 0. The minimum Gasteiger partial charge on any atom is -0.353 e. The second-order valence-electron chi connectivity index (χ2n) is 2.72. The average Bonchev–Trinajstić information content (AvgIpc) is 2.62. The van der Waals surface area contributed by atoms with Crippen molar-refractivity contribution in [2.45, 2.75) is 12.1 Å². The molecule has 0 aliphatic heterocycles. The van der Waals surface area contributed by atoms with Gasteiger partial charge in [-0.3, -0.25) is 0 Å². The summed E-state index contributed by atoms with van der Waals surface area (Å²) >= 11 is 4.10. The zero-order valence-corrected chi connectivity index (χ0v) is 8.12. The molecule has 2 heterocycles. The third-order valence-corrected chi connectivity index (χ3v) is 2.09. The molecule has 0 fully saturated rings. The highest BCUT2D eigenvalue weighted by Crippen LogP contribution is 2.18. The number of thiol groups is 1. The summed E-state index contributed by atoms with van der Waals surface area (Å²) in [7, 11) is 1.82. The van der Waals surface area contributed by atoms with Crippen LogP contribution in [0.2, 0.25) is 0 Å². The van der Waals surface area contributed by atoms with Crippen LogP contribution in [-0.4, -0.2) is 19.9 Å². The molecule has 0 radical (unpaired) electrons. The zero-order chi connectivity index (χ0) is 9.42. The first kappa shape index (κ1) is 8.31. The van der Waals surface area contributed by atoms with Crippen LogP contribution in [0.3, 0.4) is 0 Å². The van der Waals surface area contributed by atoms with Crippen molar-refractivity contribution in [1.82, 2.24) is 19.9 Å². The standard InChI is InChI=1S/C7H8N4OS/c1-4-3-5(12-10-4)6-8-9-7(13)11(6)2/h3H,1-2H3,(H,9,13). The molecule has 0 atom stereocenters. The molecule has 5 nitrogen and oxygen atoms in total. The molecule has 0 spiro atoms. The molecule has 68 valence electrons. The van der Waals surface area contributed by atoms with Crippen molar-refractivity contribution >= 4 is 12.6 Å². The molecule has 6 heteroatoms. The third kappa shape index (κ3) is 1.33. The molecule has 0 unspecified atom stereocenters. The largest absolute Gasteiger partial charge is 0.353 e. The number of nitrogens with zero attached hydrogens (tertiary/aromatic N) is 4. The molecule has 13 heavy (non-hydrogen) atoms. The van der Waals surface area contributed by atoms with Crippen LogP contribution in [-0.2, 0) is 7.05 Å². The molecule has 2 aromatic heterocycles. The van der Waals surface area contributed by atoms with E-state index < -0.39 is 0 Å². The summed E-state index contributed by atoms with van der Waals surface area (Å²) in [4.78, 5) is 0. The summed E-state index contributed by atoms with van der Waals surface area (Å²) in [6.45, 7) is 1.85.